The molecular weight excluding hydrogens is 359 g/mol. The third-order valence-corrected chi connectivity index (χ3v) is 2.55. The van der Waals surface area contributed by atoms with Crippen LogP contribution < -0.4 is 10.4 Å². The number of ether oxygens (including phenoxy) is 1. The molecule has 0 saturated heterocycles. The molecule has 140 valence electrons. The zero-order valence-electron chi connectivity index (χ0n) is 11.9. The first-order chi connectivity index (χ1) is 10.7. The maximum absolute atomic E-state index is 13.1. The van der Waals surface area contributed by atoms with E-state index in [4.69, 9.17) is 0 Å². The minimum atomic E-state index is -6.74. The Bertz CT molecular complexity index is 492. The van der Waals surface area contributed by atoms with E-state index < -0.39 is 54.8 Å². The van der Waals surface area contributed by atoms with E-state index in [1.54, 1.807) is 0 Å². The number of amides is 1. The van der Waals surface area contributed by atoms with Gasteiger partial charge in [0, 0.05) is 5.97 Å². The van der Waals surface area contributed by atoms with Crippen molar-refractivity contribution in [3.63, 3.8) is 0 Å². The summed E-state index contributed by atoms with van der Waals surface area (Å²) in [5.74, 6) is -19.3. The summed E-state index contributed by atoms with van der Waals surface area (Å²) in [6.07, 6.45) is -8.64. The van der Waals surface area contributed by atoms with Crippen molar-refractivity contribution in [2.75, 3.05) is 6.61 Å². The minimum absolute atomic E-state index is 0.356. The summed E-state index contributed by atoms with van der Waals surface area (Å²) >= 11 is 0. The lowest BCUT2D eigenvalue weighted by Crippen LogP contribution is -2.61. The smallest absolute Gasteiger partial charge is 0.460 e. The molecule has 1 atom stereocenters. The molecule has 0 unspecified atom stereocenters. The number of nitrogens with one attached hydrogen (secondary N) is 1. The quantitative estimate of drug-likeness (QED) is 0.493. The fourth-order valence-electron chi connectivity index (χ4n) is 1.32. The van der Waals surface area contributed by atoms with Crippen LogP contribution in [-0.2, 0) is 19.1 Å². The number of hydrogen-bond donors (Lipinski definition) is 1. The number of carboxylic acids is 1. The standard InChI is InChI=1S/C11H12F7NO5/c1-2-24-7(22)5(3-4-6(20)21)19-8(23)9(12,13)10(14,15)11(16,17)18/h5H,2-4H2,1H3,(H,19,23)(H,20,21)/p-1/t5-/m0/s1. The first kappa shape index (κ1) is 21.9. The second-order valence-electron chi connectivity index (χ2n) is 4.34. The molecule has 0 saturated carbocycles. The van der Waals surface area contributed by atoms with Gasteiger partial charge in [-0.2, -0.15) is 30.7 Å². The first-order valence-corrected chi connectivity index (χ1v) is 6.18. The molecule has 0 rings (SSSR count). The van der Waals surface area contributed by atoms with Gasteiger partial charge in [0.15, 0.2) is 0 Å². The van der Waals surface area contributed by atoms with Crippen LogP contribution in [0.15, 0.2) is 0 Å². The van der Waals surface area contributed by atoms with Crippen molar-refractivity contribution in [2.45, 2.75) is 43.8 Å². The largest absolute Gasteiger partial charge is 0.550 e. The van der Waals surface area contributed by atoms with Crippen molar-refractivity contribution < 1.29 is 55.0 Å². The Morgan fingerprint density at radius 3 is 1.96 bits per heavy atom. The highest BCUT2D eigenvalue weighted by atomic mass is 19.4. The van der Waals surface area contributed by atoms with Crippen molar-refractivity contribution >= 4 is 17.8 Å². The van der Waals surface area contributed by atoms with Crippen LogP contribution in [0.4, 0.5) is 30.7 Å². The molecular formula is C11H11F7NO5-. The molecule has 0 spiro atoms. The van der Waals surface area contributed by atoms with Crippen LogP contribution in [0.2, 0.25) is 0 Å². The molecule has 0 aromatic heterocycles. The molecule has 0 bridgehead atoms. The number of esters is 1. The number of aliphatic carboxylic acids is 1. The molecule has 13 heteroatoms. The van der Waals surface area contributed by atoms with Crippen LogP contribution in [0.5, 0.6) is 0 Å². The summed E-state index contributed by atoms with van der Waals surface area (Å²) in [5, 5.41) is 11.2. The van der Waals surface area contributed by atoms with Crippen LogP contribution in [0, 0.1) is 0 Å². The predicted molar refractivity (Wildman–Crippen MR) is 58.8 cm³/mol. The maximum Gasteiger partial charge on any atom is 0.460 e. The highest BCUT2D eigenvalue weighted by molar-refractivity contribution is 5.89. The molecule has 1 amide bonds. The highest BCUT2D eigenvalue weighted by Crippen LogP contribution is 2.46. The van der Waals surface area contributed by atoms with Crippen molar-refractivity contribution in [1.82, 2.24) is 5.32 Å². The number of carbonyl (C=O) groups is 3. The fourth-order valence-corrected chi connectivity index (χ4v) is 1.32. The molecule has 0 heterocycles. The second-order valence-corrected chi connectivity index (χ2v) is 4.34. The van der Waals surface area contributed by atoms with Crippen LogP contribution in [0.3, 0.4) is 0 Å². The molecule has 0 aromatic rings. The number of hydrogen-bond acceptors (Lipinski definition) is 5. The van der Waals surface area contributed by atoms with Gasteiger partial charge in [-0.25, -0.2) is 4.79 Å². The van der Waals surface area contributed by atoms with Gasteiger partial charge >= 0.3 is 24.0 Å². The summed E-state index contributed by atoms with van der Waals surface area (Å²) in [6.45, 7) is 0.883. The van der Waals surface area contributed by atoms with E-state index in [1.807, 2.05) is 0 Å². The van der Waals surface area contributed by atoms with Crippen LogP contribution >= 0.6 is 0 Å². The first-order valence-electron chi connectivity index (χ1n) is 6.18. The van der Waals surface area contributed by atoms with E-state index in [9.17, 15) is 50.2 Å². The van der Waals surface area contributed by atoms with E-state index in [0.29, 0.717) is 0 Å². The number of alkyl halides is 7. The summed E-state index contributed by atoms with van der Waals surface area (Å²) in [4.78, 5) is 32.7. The maximum atomic E-state index is 13.1. The molecule has 24 heavy (non-hydrogen) atoms. The van der Waals surface area contributed by atoms with Gasteiger partial charge in [0.25, 0.3) is 5.91 Å². The second kappa shape index (κ2) is 7.66. The lowest BCUT2D eigenvalue weighted by atomic mass is 10.1. The van der Waals surface area contributed by atoms with Gasteiger partial charge in [-0.3, -0.25) is 4.79 Å². The van der Waals surface area contributed by atoms with E-state index >= 15 is 0 Å². The highest BCUT2D eigenvalue weighted by Gasteiger charge is 2.76. The van der Waals surface area contributed by atoms with Crippen molar-refractivity contribution in [3.05, 3.63) is 0 Å². The van der Waals surface area contributed by atoms with Gasteiger partial charge in [0.05, 0.1) is 6.61 Å². The Morgan fingerprint density at radius 2 is 1.58 bits per heavy atom. The van der Waals surface area contributed by atoms with Crippen molar-refractivity contribution in [3.8, 4) is 0 Å². The van der Waals surface area contributed by atoms with E-state index in [0.717, 1.165) is 5.32 Å². The topological polar surface area (TPSA) is 95.5 Å². The zero-order chi connectivity index (χ0) is 19.3. The van der Waals surface area contributed by atoms with Crippen molar-refractivity contribution in [2.24, 2.45) is 0 Å². The number of carboxylic acid groups (broad SMARTS) is 1. The zero-order valence-corrected chi connectivity index (χ0v) is 11.9. The molecule has 0 radical (unpaired) electrons. The predicted octanol–water partition coefficient (Wildman–Crippen LogP) is 0.397. The summed E-state index contributed by atoms with van der Waals surface area (Å²) < 4.78 is 91.9. The summed E-state index contributed by atoms with van der Waals surface area (Å²) in [7, 11) is 0. The molecule has 1 N–H and O–H groups in total. The van der Waals surface area contributed by atoms with Crippen LogP contribution in [0.25, 0.3) is 0 Å². The monoisotopic (exact) mass is 370 g/mol. The molecule has 6 nitrogen and oxygen atoms in total. The van der Waals surface area contributed by atoms with Crippen molar-refractivity contribution in [1.29, 1.82) is 0 Å². The Kier molecular flexibility index (Phi) is 7.00. The summed E-state index contributed by atoms with van der Waals surface area (Å²) in [5.41, 5.74) is 0. The Morgan fingerprint density at radius 1 is 1.08 bits per heavy atom. The average molecular weight is 370 g/mol. The third kappa shape index (κ3) is 4.96. The third-order valence-electron chi connectivity index (χ3n) is 2.55. The van der Waals surface area contributed by atoms with Gasteiger partial charge in [-0.1, -0.05) is 0 Å². The minimum Gasteiger partial charge on any atom is -0.550 e. The van der Waals surface area contributed by atoms with Gasteiger partial charge < -0.3 is 20.0 Å². The normalized spacial score (nSPS) is 14.0. The van der Waals surface area contributed by atoms with E-state index in [2.05, 4.69) is 4.74 Å². The van der Waals surface area contributed by atoms with Crippen LogP contribution in [-0.4, -0.2) is 48.5 Å². The number of rotatable bonds is 8. The molecule has 0 aromatic carbocycles. The van der Waals surface area contributed by atoms with Gasteiger partial charge in [-0.05, 0) is 19.8 Å². The number of halogens is 7. The number of carbonyl (C=O) groups excluding carboxylic acids is 3. The molecule has 0 aliphatic rings. The van der Waals surface area contributed by atoms with Gasteiger partial charge in [0.1, 0.15) is 6.04 Å². The van der Waals surface area contributed by atoms with Gasteiger partial charge in [0.2, 0.25) is 0 Å². The lowest BCUT2D eigenvalue weighted by Gasteiger charge is -2.28. The van der Waals surface area contributed by atoms with E-state index in [1.165, 1.54) is 6.92 Å². The Labute approximate surface area is 129 Å². The van der Waals surface area contributed by atoms with Crippen LogP contribution in [0.1, 0.15) is 19.8 Å². The average Bonchev–Trinajstić information content (AvgIpc) is 2.41. The molecule has 0 fully saturated rings. The molecule has 0 aliphatic carbocycles. The van der Waals surface area contributed by atoms with E-state index in [-0.39, 0.29) is 6.61 Å². The molecule has 0 aliphatic heterocycles. The Hall–Kier alpha value is -2.08. The van der Waals surface area contributed by atoms with Gasteiger partial charge in [-0.15, -0.1) is 0 Å². The SMILES string of the molecule is CCOC(=O)[C@H](CCC(=O)[O-])NC(=O)C(F)(F)C(F)(F)C(F)(F)F. The Balaban J connectivity index is 5.35. The lowest BCUT2D eigenvalue weighted by molar-refractivity contribution is -0.344. The fraction of sp³-hybridized carbons (Fsp3) is 0.727. The summed E-state index contributed by atoms with van der Waals surface area (Å²) in [6, 6.07) is -2.18.